The van der Waals surface area contributed by atoms with E-state index in [0.717, 1.165) is 34.0 Å². The van der Waals surface area contributed by atoms with Gasteiger partial charge in [-0.3, -0.25) is 4.40 Å². The van der Waals surface area contributed by atoms with Crippen molar-refractivity contribution in [2.45, 2.75) is 13.5 Å². The third-order valence-electron chi connectivity index (χ3n) is 4.39. The van der Waals surface area contributed by atoms with Gasteiger partial charge in [-0.05, 0) is 24.6 Å². The lowest BCUT2D eigenvalue weighted by Crippen LogP contribution is -2.05. The van der Waals surface area contributed by atoms with E-state index in [-0.39, 0.29) is 0 Å². The molecule has 1 N–H and O–H groups in total. The van der Waals surface area contributed by atoms with E-state index in [2.05, 4.69) is 50.9 Å². The first-order valence-corrected chi connectivity index (χ1v) is 8.50. The number of aryl methyl sites for hydroxylation is 1. The Hall–Kier alpha value is -3.34. The highest BCUT2D eigenvalue weighted by molar-refractivity contribution is 5.70. The van der Waals surface area contributed by atoms with Crippen molar-refractivity contribution in [3.63, 3.8) is 0 Å². The number of methoxy groups -OCH3 is 1. The zero-order chi connectivity index (χ0) is 17.9. The van der Waals surface area contributed by atoms with Gasteiger partial charge in [0.1, 0.15) is 5.75 Å². The maximum atomic E-state index is 5.20. The number of ether oxygens (including phenoxy) is 1. The molecule has 0 aliphatic carbocycles. The van der Waals surface area contributed by atoms with Crippen LogP contribution in [0.1, 0.15) is 11.1 Å². The fourth-order valence-corrected chi connectivity index (χ4v) is 2.91. The molecule has 5 heteroatoms. The smallest absolute Gasteiger partial charge is 0.180 e. The molecule has 130 valence electrons. The van der Waals surface area contributed by atoms with E-state index < -0.39 is 0 Å². The van der Waals surface area contributed by atoms with Crippen molar-refractivity contribution in [2.24, 2.45) is 0 Å². The van der Waals surface area contributed by atoms with E-state index in [1.54, 1.807) is 13.3 Å². The lowest BCUT2D eigenvalue weighted by Gasteiger charge is -2.11. The maximum absolute atomic E-state index is 5.20. The van der Waals surface area contributed by atoms with Crippen LogP contribution in [-0.2, 0) is 6.54 Å². The van der Waals surface area contributed by atoms with Gasteiger partial charge in [0.05, 0.1) is 19.0 Å². The average molecular weight is 344 g/mol. The van der Waals surface area contributed by atoms with Gasteiger partial charge < -0.3 is 10.1 Å². The highest BCUT2D eigenvalue weighted by Crippen LogP contribution is 2.24. The molecule has 0 aliphatic heterocycles. The molecule has 0 amide bonds. The summed E-state index contributed by atoms with van der Waals surface area (Å²) in [6.45, 7) is 2.75. The topological polar surface area (TPSA) is 51.5 Å². The molecule has 0 spiro atoms. The zero-order valence-corrected chi connectivity index (χ0v) is 14.8. The molecular formula is C21H20N4O. The van der Waals surface area contributed by atoms with Crippen molar-refractivity contribution in [1.29, 1.82) is 0 Å². The Kier molecular flexibility index (Phi) is 4.27. The number of nitrogens with one attached hydrogen (secondary N) is 1. The maximum Gasteiger partial charge on any atom is 0.180 e. The predicted octanol–water partition coefficient (Wildman–Crippen LogP) is 4.33. The summed E-state index contributed by atoms with van der Waals surface area (Å²) in [6, 6.07) is 16.4. The second-order valence-electron chi connectivity index (χ2n) is 6.18. The number of aromatic nitrogens is 3. The Morgan fingerprint density at radius 1 is 1.00 bits per heavy atom. The first-order chi connectivity index (χ1) is 12.7. The lowest BCUT2D eigenvalue weighted by atomic mass is 10.1. The summed E-state index contributed by atoms with van der Waals surface area (Å²) in [5.41, 5.74) is 5.35. The Balaban J connectivity index is 1.61. The number of benzene rings is 2. The average Bonchev–Trinajstić information content (AvgIpc) is 3.17. The molecule has 26 heavy (non-hydrogen) atoms. The van der Waals surface area contributed by atoms with Crippen LogP contribution in [0.2, 0.25) is 0 Å². The molecule has 0 unspecified atom stereocenters. The summed E-state index contributed by atoms with van der Waals surface area (Å²) in [4.78, 5) is 9.09. The van der Waals surface area contributed by atoms with Crippen LogP contribution >= 0.6 is 0 Å². The molecule has 0 aliphatic rings. The Morgan fingerprint density at radius 2 is 1.77 bits per heavy atom. The largest absolute Gasteiger partial charge is 0.497 e. The second-order valence-corrected chi connectivity index (χ2v) is 6.18. The van der Waals surface area contributed by atoms with E-state index in [1.807, 2.05) is 36.7 Å². The minimum Gasteiger partial charge on any atom is -0.497 e. The number of anilines is 1. The number of rotatable bonds is 5. The van der Waals surface area contributed by atoms with Crippen molar-refractivity contribution >= 4 is 11.5 Å². The summed E-state index contributed by atoms with van der Waals surface area (Å²) < 4.78 is 7.26. The van der Waals surface area contributed by atoms with Crippen molar-refractivity contribution in [2.75, 3.05) is 12.4 Å². The number of nitrogens with zero attached hydrogens (tertiary/aromatic N) is 3. The first kappa shape index (κ1) is 16.1. The molecule has 2 aromatic carbocycles. The fourth-order valence-electron chi connectivity index (χ4n) is 2.91. The van der Waals surface area contributed by atoms with Crippen LogP contribution in [-0.4, -0.2) is 21.5 Å². The van der Waals surface area contributed by atoms with Gasteiger partial charge in [0, 0.05) is 24.5 Å². The predicted molar refractivity (Wildman–Crippen MR) is 103 cm³/mol. The van der Waals surface area contributed by atoms with Gasteiger partial charge in [-0.15, -0.1) is 0 Å². The van der Waals surface area contributed by atoms with Gasteiger partial charge in [0.2, 0.25) is 0 Å². The van der Waals surface area contributed by atoms with Crippen LogP contribution in [0, 0.1) is 6.92 Å². The van der Waals surface area contributed by atoms with Gasteiger partial charge in [-0.1, -0.05) is 42.0 Å². The zero-order valence-electron chi connectivity index (χ0n) is 14.8. The number of fused-ring (bicyclic) bond motifs is 1. The van der Waals surface area contributed by atoms with Gasteiger partial charge in [0.25, 0.3) is 0 Å². The second kappa shape index (κ2) is 6.88. The highest BCUT2D eigenvalue weighted by Gasteiger charge is 2.10. The summed E-state index contributed by atoms with van der Waals surface area (Å²) in [5, 5.41) is 3.38. The molecule has 5 nitrogen and oxygen atoms in total. The number of imidazole rings is 1. The van der Waals surface area contributed by atoms with Crippen LogP contribution in [0.25, 0.3) is 16.9 Å². The molecule has 2 heterocycles. The third kappa shape index (κ3) is 3.11. The van der Waals surface area contributed by atoms with Crippen molar-refractivity contribution < 1.29 is 4.74 Å². The monoisotopic (exact) mass is 344 g/mol. The van der Waals surface area contributed by atoms with Crippen molar-refractivity contribution in [1.82, 2.24) is 14.4 Å². The van der Waals surface area contributed by atoms with E-state index in [9.17, 15) is 0 Å². The number of hydrogen-bond donors (Lipinski definition) is 1. The van der Waals surface area contributed by atoms with Gasteiger partial charge in [-0.2, -0.15) is 0 Å². The normalized spacial score (nSPS) is 10.8. The summed E-state index contributed by atoms with van der Waals surface area (Å²) >= 11 is 0. The minimum atomic E-state index is 0.670. The first-order valence-electron chi connectivity index (χ1n) is 8.50. The van der Waals surface area contributed by atoms with Crippen LogP contribution in [0.4, 0.5) is 5.82 Å². The highest BCUT2D eigenvalue weighted by atomic mass is 16.5. The lowest BCUT2D eigenvalue weighted by molar-refractivity contribution is 0.414. The third-order valence-corrected chi connectivity index (χ3v) is 4.39. The molecule has 0 saturated carbocycles. The molecule has 0 saturated heterocycles. The van der Waals surface area contributed by atoms with Crippen molar-refractivity contribution in [3.8, 4) is 17.0 Å². The van der Waals surface area contributed by atoms with E-state index in [0.29, 0.717) is 6.54 Å². The van der Waals surface area contributed by atoms with Crippen LogP contribution in [0.5, 0.6) is 5.75 Å². The Labute approximate surface area is 152 Å². The molecule has 2 aromatic heterocycles. The van der Waals surface area contributed by atoms with Crippen LogP contribution < -0.4 is 10.1 Å². The standard InChI is InChI=1S/C21H20N4O/c1-15-3-7-17(8-4-15)19-14-24-20(21-22-11-12-25(19)21)23-13-16-5-9-18(26-2)10-6-16/h3-12,14H,13H2,1-2H3,(H,23,24). The van der Waals surface area contributed by atoms with Gasteiger partial charge >= 0.3 is 0 Å². The molecule has 4 rings (SSSR count). The minimum absolute atomic E-state index is 0.670. The SMILES string of the molecule is COc1ccc(CNc2ncc(-c3ccc(C)cc3)n3ccnc23)cc1. The van der Waals surface area contributed by atoms with E-state index in [1.165, 1.54) is 5.56 Å². The molecule has 0 fully saturated rings. The summed E-state index contributed by atoms with van der Waals surface area (Å²) in [6.07, 6.45) is 5.65. The summed E-state index contributed by atoms with van der Waals surface area (Å²) in [7, 11) is 1.67. The molecule has 4 aromatic rings. The van der Waals surface area contributed by atoms with Crippen LogP contribution in [0.3, 0.4) is 0 Å². The Morgan fingerprint density at radius 3 is 2.50 bits per heavy atom. The molecule has 0 bridgehead atoms. The summed E-state index contributed by atoms with van der Waals surface area (Å²) in [5.74, 6) is 1.62. The van der Waals surface area contributed by atoms with E-state index >= 15 is 0 Å². The van der Waals surface area contributed by atoms with E-state index in [4.69, 9.17) is 4.74 Å². The molecule has 0 radical (unpaired) electrons. The number of hydrogen-bond acceptors (Lipinski definition) is 4. The fraction of sp³-hybridized carbons (Fsp3) is 0.143. The Bertz CT molecular complexity index is 1020. The molecule has 0 atom stereocenters. The quantitative estimate of drug-likeness (QED) is 0.586. The van der Waals surface area contributed by atoms with Gasteiger partial charge in [0.15, 0.2) is 11.5 Å². The van der Waals surface area contributed by atoms with Gasteiger partial charge in [-0.25, -0.2) is 9.97 Å². The molecular weight excluding hydrogens is 324 g/mol. The van der Waals surface area contributed by atoms with Crippen molar-refractivity contribution in [3.05, 3.63) is 78.2 Å². The van der Waals surface area contributed by atoms with Crippen LogP contribution in [0.15, 0.2) is 67.1 Å².